The molecule has 1 saturated carbocycles. The Morgan fingerprint density at radius 1 is 1.53 bits per heavy atom. The van der Waals surface area contributed by atoms with Crippen LogP contribution in [0.1, 0.15) is 26.2 Å². The molecule has 2 atom stereocenters. The molecule has 0 heterocycles. The molecule has 3 nitrogen and oxygen atoms in total. The van der Waals surface area contributed by atoms with E-state index in [9.17, 15) is 4.79 Å². The average Bonchev–Trinajstić information content (AvgIpc) is 2.73. The highest BCUT2D eigenvalue weighted by Gasteiger charge is 2.22. The monoisotopic (exact) mass is 345 g/mol. The van der Waals surface area contributed by atoms with Gasteiger partial charge in [0.15, 0.2) is 6.61 Å². The van der Waals surface area contributed by atoms with Gasteiger partial charge in [0.1, 0.15) is 5.75 Å². The molecule has 1 fully saturated rings. The Hall–Kier alpha value is -0.740. The van der Waals surface area contributed by atoms with Crippen LogP contribution in [0.15, 0.2) is 22.7 Å². The molecule has 0 aliphatic heterocycles. The lowest BCUT2D eigenvalue weighted by molar-refractivity contribution is -0.123. The van der Waals surface area contributed by atoms with E-state index in [-0.39, 0.29) is 12.5 Å². The maximum Gasteiger partial charge on any atom is 0.258 e. The molecule has 0 spiro atoms. The van der Waals surface area contributed by atoms with Crippen LogP contribution in [0.25, 0.3) is 0 Å². The number of hydrogen-bond donors (Lipinski definition) is 1. The second-order valence-corrected chi connectivity index (χ2v) is 6.34. The van der Waals surface area contributed by atoms with Crippen LogP contribution >= 0.6 is 27.5 Å². The van der Waals surface area contributed by atoms with Crippen molar-refractivity contribution in [3.8, 4) is 5.75 Å². The summed E-state index contributed by atoms with van der Waals surface area (Å²) in [6.07, 6.45) is 3.32. The maximum atomic E-state index is 11.8. The topological polar surface area (TPSA) is 38.3 Å². The number of benzene rings is 1. The molecule has 5 heteroatoms. The number of ether oxygens (including phenoxy) is 1. The van der Waals surface area contributed by atoms with Gasteiger partial charge in [-0.15, -0.1) is 0 Å². The van der Waals surface area contributed by atoms with E-state index >= 15 is 0 Å². The fourth-order valence-electron chi connectivity index (χ4n) is 2.34. The first-order valence-electron chi connectivity index (χ1n) is 6.42. The Bertz CT molecular complexity index is 467. The van der Waals surface area contributed by atoms with Crippen molar-refractivity contribution in [2.45, 2.75) is 32.2 Å². The lowest BCUT2D eigenvalue weighted by Crippen LogP contribution is -2.36. The minimum Gasteiger partial charge on any atom is -0.483 e. The van der Waals surface area contributed by atoms with E-state index in [1.54, 1.807) is 18.2 Å². The fraction of sp³-hybridized carbons (Fsp3) is 0.500. The Kier molecular flexibility index (Phi) is 5.11. The smallest absolute Gasteiger partial charge is 0.258 e. The Morgan fingerprint density at radius 3 is 2.95 bits per heavy atom. The van der Waals surface area contributed by atoms with Gasteiger partial charge in [-0.3, -0.25) is 4.79 Å². The number of hydrogen-bond acceptors (Lipinski definition) is 2. The molecule has 1 N–H and O–H groups in total. The summed E-state index contributed by atoms with van der Waals surface area (Å²) in [6.45, 7) is 2.25. The lowest BCUT2D eigenvalue weighted by Gasteiger charge is -2.13. The Balaban J connectivity index is 1.80. The molecule has 0 aromatic heterocycles. The third kappa shape index (κ3) is 4.39. The van der Waals surface area contributed by atoms with Crippen LogP contribution in [-0.2, 0) is 4.79 Å². The Labute approximate surface area is 126 Å². The first-order valence-corrected chi connectivity index (χ1v) is 7.59. The average molecular weight is 347 g/mol. The zero-order valence-corrected chi connectivity index (χ0v) is 13.1. The first kappa shape index (κ1) is 14.7. The van der Waals surface area contributed by atoms with Crippen molar-refractivity contribution in [3.05, 3.63) is 27.7 Å². The maximum absolute atomic E-state index is 11.8. The molecule has 0 bridgehead atoms. The first-order chi connectivity index (χ1) is 9.04. The molecule has 1 aromatic rings. The lowest BCUT2D eigenvalue weighted by atomic mass is 10.1. The number of carbonyl (C=O) groups excluding carboxylic acids is 1. The zero-order chi connectivity index (χ0) is 13.8. The largest absolute Gasteiger partial charge is 0.483 e. The summed E-state index contributed by atoms with van der Waals surface area (Å²) in [5, 5.41) is 3.63. The highest BCUT2D eigenvalue weighted by molar-refractivity contribution is 9.10. The van der Waals surface area contributed by atoms with E-state index in [1.807, 2.05) is 0 Å². The summed E-state index contributed by atoms with van der Waals surface area (Å²) in [6, 6.07) is 5.53. The van der Waals surface area contributed by atoms with Crippen molar-refractivity contribution in [1.82, 2.24) is 5.32 Å². The summed E-state index contributed by atoms with van der Waals surface area (Å²) in [5.74, 6) is 1.26. The van der Waals surface area contributed by atoms with Crippen LogP contribution in [0.4, 0.5) is 0 Å². The Morgan fingerprint density at radius 2 is 2.32 bits per heavy atom. The molecule has 1 aromatic carbocycles. The van der Waals surface area contributed by atoms with Crippen LogP contribution < -0.4 is 10.1 Å². The molecule has 0 saturated heterocycles. The predicted octanol–water partition coefficient (Wildman–Crippen LogP) is 3.79. The molecule has 1 aliphatic rings. The molecule has 1 amide bonds. The highest BCUT2D eigenvalue weighted by atomic mass is 79.9. The standard InChI is InChI=1S/C14H17BrClNO2/c1-9-2-4-11(6-9)17-14(18)8-19-13-5-3-10(16)7-12(13)15/h3,5,7,9,11H,2,4,6,8H2,1H3,(H,17,18). The van der Waals surface area contributed by atoms with Crippen molar-refractivity contribution in [2.75, 3.05) is 6.61 Å². The van der Waals surface area contributed by atoms with E-state index in [4.69, 9.17) is 16.3 Å². The summed E-state index contributed by atoms with van der Waals surface area (Å²) in [5.41, 5.74) is 0. The highest BCUT2D eigenvalue weighted by Crippen LogP contribution is 2.28. The van der Waals surface area contributed by atoms with Crippen LogP contribution in [-0.4, -0.2) is 18.6 Å². The van der Waals surface area contributed by atoms with E-state index < -0.39 is 0 Å². The number of halogens is 2. The minimum atomic E-state index is -0.0686. The van der Waals surface area contributed by atoms with Gasteiger partial charge in [-0.2, -0.15) is 0 Å². The predicted molar refractivity (Wildman–Crippen MR) is 79.6 cm³/mol. The summed E-state index contributed by atoms with van der Waals surface area (Å²) < 4.78 is 6.23. The van der Waals surface area contributed by atoms with Gasteiger partial charge in [-0.25, -0.2) is 0 Å². The number of rotatable bonds is 4. The van der Waals surface area contributed by atoms with Crippen molar-refractivity contribution in [3.63, 3.8) is 0 Å². The molecular weight excluding hydrogens is 330 g/mol. The number of carbonyl (C=O) groups is 1. The third-order valence-electron chi connectivity index (χ3n) is 3.31. The van der Waals surface area contributed by atoms with Gasteiger partial charge in [-0.1, -0.05) is 18.5 Å². The molecule has 19 heavy (non-hydrogen) atoms. The quantitative estimate of drug-likeness (QED) is 0.901. The molecule has 104 valence electrons. The van der Waals surface area contributed by atoms with Crippen LogP contribution in [0.2, 0.25) is 5.02 Å². The zero-order valence-electron chi connectivity index (χ0n) is 10.8. The van der Waals surface area contributed by atoms with Crippen molar-refractivity contribution in [2.24, 2.45) is 5.92 Å². The molecule has 0 radical (unpaired) electrons. The third-order valence-corrected chi connectivity index (χ3v) is 4.17. The van der Waals surface area contributed by atoms with Crippen LogP contribution in [0.5, 0.6) is 5.75 Å². The molecular formula is C14H17BrClNO2. The number of amides is 1. The van der Waals surface area contributed by atoms with E-state index in [1.165, 1.54) is 6.42 Å². The van der Waals surface area contributed by atoms with Gasteiger partial charge in [0, 0.05) is 11.1 Å². The van der Waals surface area contributed by atoms with E-state index in [0.29, 0.717) is 22.7 Å². The van der Waals surface area contributed by atoms with Gasteiger partial charge >= 0.3 is 0 Å². The number of nitrogens with one attached hydrogen (secondary N) is 1. The van der Waals surface area contributed by atoms with E-state index in [2.05, 4.69) is 28.2 Å². The van der Waals surface area contributed by atoms with Crippen LogP contribution in [0, 0.1) is 5.92 Å². The second kappa shape index (κ2) is 6.62. The minimum absolute atomic E-state index is 0.0329. The summed E-state index contributed by atoms with van der Waals surface area (Å²) >= 11 is 9.19. The molecule has 2 rings (SSSR count). The van der Waals surface area contributed by atoms with Gasteiger partial charge in [0.05, 0.1) is 4.47 Å². The van der Waals surface area contributed by atoms with Gasteiger partial charge in [0.2, 0.25) is 0 Å². The SMILES string of the molecule is CC1CCC(NC(=O)COc2ccc(Cl)cc2Br)C1. The molecule has 2 unspecified atom stereocenters. The van der Waals surface area contributed by atoms with Crippen molar-refractivity contribution < 1.29 is 9.53 Å². The van der Waals surface area contributed by atoms with Gasteiger partial charge in [0.25, 0.3) is 5.91 Å². The van der Waals surface area contributed by atoms with Crippen LogP contribution in [0.3, 0.4) is 0 Å². The summed E-state index contributed by atoms with van der Waals surface area (Å²) in [4.78, 5) is 11.8. The fourth-order valence-corrected chi connectivity index (χ4v) is 3.14. The van der Waals surface area contributed by atoms with Crippen molar-refractivity contribution in [1.29, 1.82) is 0 Å². The molecule has 1 aliphatic carbocycles. The summed E-state index contributed by atoms with van der Waals surface area (Å²) in [7, 11) is 0. The van der Waals surface area contributed by atoms with Gasteiger partial charge < -0.3 is 10.1 Å². The van der Waals surface area contributed by atoms with Gasteiger partial charge in [-0.05, 0) is 59.3 Å². The second-order valence-electron chi connectivity index (χ2n) is 5.05. The van der Waals surface area contributed by atoms with Crippen molar-refractivity contribution >= 4 is 33.4 Å². The normalized spacial score (nSPS) is 22.3. The van der Waals surface area contributed by atoms with E-state index in [0.717, 1.165) is 17.3 Å².